The number of carbonyl (C=O) groups excluding carboxylic acids is 2. The zero-order valence-corrected chi connectivity index (χ0v) is 14.7. The van der Waals surface area contributed by atoms with E-state index < -0.39 is 6.04 Å². The van der Waals surface area contributed by atoms with Crippen molar-refractivity contribution in [2.24, 2.45) is 5.92 Å². The summed E-state index contributed by atoms with van der Waals surface area (Å²) in [5.74, 6) is -0.277. The highest BCUT2D eigenvalue weighted by Gasteiger charge is 2.23. The van der Waals surface area contributed by atoms with Gasteiger partial charge in [-0.25, -0.2) is 0 Å². The van der Waals surface area contributed by atoms with Crippen LogP contribution in [-0.2, 0) is 22.6 Å². The summed E-state index contributed by atoms with van der Waals surface area (Å²) in [4.78, 5) is 28.7. The molecule has 2 aromatic rings. The largest absolute Gasteiger partial charge is 0.350 e. The molecule has 5 heteroatoms. The van der Waals surface area contributed by atoms with Gasteiger partial charge in [0.25, 0.3) is 0 Å². The van der Waals surface area contributed by atoms with Crippen molar-refractivity contribution in [3.63, 3.8) is 0 Å². The maximum Gasteiger partial charge on any atom is 0.243 e. The minimum absolute atomic E-state index is 0.00886. The number of nitrogens with zero attached hydrogens (tertiary/aromatic N) is 1. The third-order valence-corrected chi connectivity index (χ3v) is 3.94. The van der Waals surface area contributed by atoms with Crippen LogP contribution in [0.15, 0.2) is 54.9 Å². The molecule has 0 aliphatic rings. The Balaban J connectivity index is 1.84. The second-order valence-corrected chi connectivity index (χ2v) is 6.35. The van der Waals surface area contributed by atoms with Gasteiger partial charge in [0, 0.05) is 25.4 Å². The van der Waals surface area contributed by atoms with E-state index in [0.717, 1.165) is 11.1 Å². The fourth-order valence-electron chi connectivity index (χ4n) is 2.48. The molecule has 0 spiro atoms. The fraction of sp³-hybridized carbons (Fsp3) is 0.350. The van der Waals surface area contributed by atoms with E-state index in [9.17, 15) is 9.59 Å². The summed E-state index contributed by atoms with van der Waals surface area (Å²) in [6.07, 6.45) is 4.43. The van der Waals surface area contributed by atoms with Crippen molar-refractivity contribution in [1.82, 2.24) is 15.6 Å². The number of hydrogen-bond acceptors (Lipinski definition) is 3. The van der Waals surface area contributed by atoms with Gasteiger partial charge in [-0.15, -0.1) is 0 Å². The number of benzene rings is 1. The summed E-state index contributed by atoms with van der Waals surface area (Å²) in [7, 11) is 0. The molecule has 1 heterocycles. The predicted octanol–water partition coefficient (Wildman–Crippen LogP) is 2.47. The number of rotatable bonds is 8. The van der Waals surface area contributed by atoms with Gasteiger partial charge < -0.3 is 10.6 Å². The van der Waals surface area contributed by atoms with Crippen molar-refractivity contribution in [1.29, 1.82) is 0 Å². The van der Waals surface area contributed by atoms with Crippen molar-refractivity contribution < 1.29 is 9.59 Å². The van der Waals surface area contributed by atoms with E-state index in [1.54, 1.807) is 12.4 Å². The van der Waals surface area contributed by atoms with Crippen molar-refractivity contribution in [3.8, 4) is 0 Å². The molecule has 0 saturated carbocycles. The minimum Gasteiger partial charge on any atom is -0.350 e. The molecule has 5 nitrogen and oxygen atoms in total. The van der Waals surface area contributed by atoms with Gasteiger partial charge >= 0.3 is 0 Å². The monoisotopic (exact) mass is 339 g/mol. The van der Waals surface area contributed by atoms with Gasteiger partial charge in [0.05, 0.1) is 0 Å². The second kappa shape index (κ2) is 9.57. The summed E-state index contributed by atoms with van der Waals surface area (Å²) < 4.78 is 0. The molecule has 1 atom stereocenters. The fourth-order valence-corrected chi connectivity index (χ4v) is 2.48. The number of pyridine rings is 1. The van der Waals surface area contributed by atoms with Crippen LogP contribution < -0.4 is 10.6 Å². The molecule has 0 fully saturated rings. The van der Waals surface area contributed by atoms with Gasteiger partial charge in [-0.1, -0.05) is 50.2 Å². The normalized spacial score (nSPS) is 11.8. The lowest BCUT2D eigenvalue weighted by Gasteiger charge is -2.21. The molecule has 0 radical (unpaired) electrons. The molecular weight excluding hydrogens is 314 g/mol. The lowest BCUT2D eigenvalue weighted by atomic mass is 10.0. The molecule has 1 aromatic carbocycles. The van der Waals surface area contributed by atoms with Crippen LogP contribution in [-0.4, -0.2) is 22.8 Å². The first-order valence-electron chi connectivity index (χ1n) is 8.56. The van der Waals surface area contributed by atoms with E-state index in [4.69, 9.17) is 0 Å². The molecule has 0 bridgehead atoms. The predicted molar refractivity (Wildman–Crippen MR) is 97.6 cm³/mol. The van der Waals surface area contributed by atoms with Gasteiger partial charge in [0.15, 0.2) is 0 Å². The molecule has 1 aromatic heterocycles. The van der Waals surface area contributed by atoms with Crippen LogP contribution in [0.5, 0.6) is 0 Å². The Morgan fingerprint density at radius 1 is 1.04 bits per heavy atom. The standard InChI is InChI=1S/C20H25N3O2/c1-15(2)19(20(25)22-14-17-9-6-12-21-13-17)23-18(24)11-10-16-7-4-3-5-8-16/h3-9,12-13,15,19H,10-11,14H2,1-2H3,(H,22,25)(H,23,24)/t19-/m1/s1. The number of amides is 2. The number of aromatic nitrogens is 1. The Kier molecular flexibility index (Phi) is 7.14. The summed E-state index contributed by atoms with van der Waals surface area (Å²) in [6, 6.07) is 13.0. The Labute approximate surface area is 148 Å². The summed E-state index contributed by atoms with van der Waals surface area (Å²) in [5, 5.41) is 5.72. The average Bonchev–Trinajstić information content (AvgIpc) is 2.64. The highest BCUT2D eigenvalue weighted by Crippen LogP contribution is 2.06. The lowest BCUT2D eigenvalue weighted by Crippen LogP contribution is -2.49. The van der Waals surface area contributed by atoms with Crippen LogP contribution in [0.2, 0.25) is 0 Å². The smallest absolute Gasteiger partial charge is 0.243 e. The van der Waals surface area contributed by atoms with Crippen LogP contribution in [0.4, 0.5) is 0 Å². The second-order valence-electron chi connectivity index (χ2n) is 6.35. The third kappa shape index (κ3) is 6.37. The Morgan fingerprint density at radius 2 is 1.76 bits per heavy atom. The maximum absolute atomic E-state index is 12.4. The molecule has 2 amide bonds. The third-order valence-electron chi connectivity index (χ3n) is 3.94. The maximum atomic E-state index is 12.4. The van der Waals surface area contributed by atoms with E-state index in [2.05, 4.69) is 15.6 Å². The number of hydrogen-bond donors (Lipinski definition) is 2. The van der Waals surface area contributed by atoms with E-state index >= 15 is 0 Å². The molecule has 25 heavy (non-hydrogen) atoms. The SMILES string of the molecule is CC(C)[C@@H](NC(=O)CCc1ccccc1)C(=O)NCc1cccnc1. The Bertz CT molecular complexity index is 672. The van der Waals surface area contributed by atoms with Crippen LogP contribution in [0, 0.1) is 5.92 Å². The highest BCUT2D eigenvalue weighted by atomic mass is 16.2. The van der Waals surface area contributed by atoms with Crippen molar-refractivity contribution in [2.75, 3.05) is 0 Å². The van der Waals surface area contributed by atoms with Crippen LogP contribution in [0.1, 0.15) is 31.4 Å². The Morgan fingerprint density at radius 3 is 2.40 bits per heavy atom. The number of aryl methyl sites for hydroxylation is 1. The minimum atomic E-state index is -0.542. The van der Waals surface area contributed by atoms with Gasteiger partial charge in [0.2, 0.25) is 11.8 Å². The zero-order chi connectivity index (χ0) is 18.1. The number of nitrogens with one attached hydrogen (secondary N) is 2. The molecule has 0 aliphatic heterocycles. The van der Waals surface area contributed by atoms with E-state index in [-0.39, 0.29) is 17.7 Å². The zero-order valence-electron chi connectivity index (χ0n) is 14.7. The van der Waals surface area contributed by atoms with E-state index in [1.807, 2.05) is 56.3 Å². The van der Waals surface area contributed by atoms with Gasteiger partial charge in [-0.2, -0.15) is 0 Å². The molecule has 2 rings (SSSR count). The number of carbonyl (C=O) groups is 2. The molecule has 2 N–H and O–H groups in total. The first kappa shape index (κ1) is 18.6. The molecule has 0 saturated heterocycles. The van der Waals surface area contributed by atoms with E-state index in [1.165, 1.54) is 0 Å². The van der Waals surface area contributed by atoms with Gasteiger partial charge in [-0.05, 0) is 29.5 Å². The van der Waals surface area contributed by atoms with Crippen molar-refractivity contribution >= 4 is 11.8 Å². The average molecular weight is 339 g/mol. The molecule has 0 aliphatic carbocycles. The van der Waals surface area contributed by atoms with Gasteiger partial charge in [-0.3, -0.25) is 14.6 Å². The lowest BCUT2D eigenvalue weighted by molar-refractivity contribution is -0.130. The van der Waals surface area contributed by atoms with Crippen molar-refractivity contribution in [2.45, 2.75) is 39.3 Å². The van der Waals surface area contributed by atoms with E-state index in [0.29, 0.717) is 19.4 Å². The van der Waals surface area contributed by atoms with Crippen LogP contribution >= 0.6 is 0 Å². The van der Waals surface area contributed by atoms with Gasteiger partial charge in [0.1, 0.15) is 6.04 Å². The molecule has 132 valence electrons. The molecule has 0 unspecified atom stereocenters. The van der Waals surface area contributed by atoms with Crippen molar-refractivity contribution in [3.05, 3.63) is 66.0 Å². The summed E-state index contributed by atoms with van der Waals surface area (Å²) in [6.45, 7) is 4.24. The first-order valence-corrected chi connectivity index (χ1v) is 8.56. The summed E-state index contributed by atoms with van der Waals surface area (Å²) >= 11 is 0. The molecular formula is C20H25N3O2. The van der Waals surface area contributed by atoms with Crippen LogP contribution in [0.3, 0.4) is 0 Å². The van der Waals surface area contributed by atoms with Crippen LogP contribution in [0.25, 0.3) is 0 Å². The highest BCUT2D eigenvalue weighted by molar-refractivity contribution is 5.87. The summed E-state index contributed by atoms with van der Waals surface area (Å²) in [5.41, 5.74) is 2.04. The Hall–Kier alpha value is -2.69. The quantitative estimate of drug-likeness (QED) is 0.776. The first-order chi connectivity index (χ1) is 12.1. The topological polar surface area (TPSA) is 71.1 Å².